The first-order valence-electron chi connectivity index (χ1n) is 6.21. The summed E-state index contributed by atoms with van der Waals surface area (Å²) >= 11 is 1.30. The predicted octanol–water partition coefficient (Wildman–Crippen LogP) is 0.890. The molecule has 8 heteroatoms. The molecule has 0 unspecified atom stereocenters. The highest BCUT2D eigenvalue weighted by Gasteiger charge is 2.18. The number of fused-ring (bicyclic) bond motifs is 1. The summed E-state index contributed by atoms with van der Waals surface area (Å²) in [6.45, 7) is 0.530. The Balaban J connectivity index is 2.16. The van der Waals surface area contributed by atoms with Crippen LogP contribution < -0.4 is 26.8 Å². The van der Waals surface area contributed by atoms with E-state index in [9.17, 15) is 9.59 Å². The molecule has 112 valence electrons. The van der Waals surface area contributed by atoms with Gasteiger partial charge < -0.3 is 26.8 Å². The number of carbonyl (C=O) groups is 2. The van der Waals surface area contributed by atoms with E-state index in [0.29, 0.717) is 16.3 Å². The fourth-order valence-corrected chi connectivity index (χ4v) is 2.98. The number of ether oxygens (including phenoxy) is 1. The number of anilines is 1. The number of nitrogens with one attached hydrogen (secondary N) is 2. The van der Waals surface area contributed by atoms with Crippen molar-refractivity contribution in [3.05, 3.63) is 23.1 Å². The maximum atomic E-state index is 12.1. The molecule has 2 aromatic rings. The summed E-state index contributed by atoms with van der Waals surface area (Å²) in [6, 6.07) is 4.89. The summed E-state index contributed by atoms with van der Waals surface area (Å²) in [5.41, 5.74) is 11.4. The van der Waals surface area contributed by atoms with Gasteiger partial charge in [0.2, 0.25) is 0 Å². The number of methoxy groups -OCH3 is 1. The highest BCUT2D eigenvalue weighted by molar-refractivity contribution is 7.21. The molecule has 1 aromatic heterocycles. The molecule has 21 heavy (non-hydrogen) atoms. The SMILES string of the molecule is COc1cccc2sc(C(=O)NCCNC(N)=O)c(N)c12. The second kappa shape index (κ2) is 6.31. The molecule has 0 atom stereocenters. The molecule has 6 N–H and O–H groups in total. The number of rotatable bonds is 5. The van der Waals surface area contributed by atoms with Crippen LogP contribution in [0.3, 0.4) is 0 Å². The number of thiophene rings is 1. The lowest BCUT2D eigenvalue weighted by Crippen LogP contribution is -2.37. The van der Waals surface area contributed by atoms with E-state index in [1.807, 2.05) is 12.1 Å². The van der Waals surface area contributed by atoms with Crippen molar-refractivity contribution in [2.75, 3.05) is 25.9 Å². The Kier molecular flexibility index (Phi) is 4.49. The minimum atomic E-state index is -0.629. The minimum absolute atomic E-state index is 0.259. The summed E-state index contributed by atoms with van der Waals surface area (Å²) < 4.78 is 6.14. The zero-order valence-electron chi connectivity index (χ0n) is 11.4. The molecule has 0 bridgehead atoms. The second-order valence-electron chi connectivity index (χ2n) is 4.23. The molecular weight excluding hydrogens is 292 g/mol. The fraction of sp³-hybridized carbons (Fsp3) is 0.231. The second-order valence-corrected chi connectivity index (χ2v) is 5.28. The third kappa shape index (κ3) is 3.16. The number of carbonyl (C=O) groups excluding carboxylic acids is 2. The molecule has 0 aliphatic rings. The van der Waals surface area contributed by atoms with Gasteiger partial charge in [-0.3, -0.25) is 4.79 Å². The number of nitrogens with two attached hydrogens (primary N) is 2. The smallest absolute Gasteiger partial charge is 0.312 e. The van der Waals surface area contributed by atoms with Crippen molar-refractivity contribution in [3.63, 3.8) is 0 Å². The van der Waals surface area contributed by atoms with Crippen molar-refractivity contribution in [2.24, 2.45) is 5.73 Å². The summed E-state index contributed by atoms with van der Waals surface area (Å²) in [6.07, 6.45) is 0. The van der Waals surface area contributed by atoms with E-state index < -0.39 is 6.03 Å². The lowest BCUT2D eigenvalue weighted by atomic mass is 10.2. The molecule has 0 spiro atoms. The van der Waals surface area contributed by atoms with Crippen LogP contribution in [0.1, 0.15) is 9.67 Å². The summed E-state index contributed by atoms with van der Waals surface area (Å²) in [7, 11) is 1.56. The number of hydrogen-bond acceptors (Lipinski definition) is 5. The number of benzene rings is 1. The van der Waals surface area contributed by atoms with Crippen LogP contribution in [0.4, 0.5) is 10.5 Å². The first kappa shape index (κ1) is 14.9. The van der Waals surface area contributed by atoms with E-state index in [-0.39, 0.29) is 19.0 Å². The van der Waals surface area contributed by atoms with Crippen LogP contribution >= 0.6 is 11.3 Å². The molecule has 0 saturated heterocycles. The summed E-state index contributed by atoms with van der Waals surface area (Å²) in [5, 5.41) is 5.80. The van der Waals surface area contributed by atoms with Gasteiger partial charge in [-0.1, -0.05) is 6.07 Å². The largest absolute Gasteiger partial charge is 0.496 e. The lowest BCUT2D eigenvalue weighted by molar-refractivity contribution is 0.0959. The molecule has 1 aromatic carbocycles. The number of amides is 3. The van der Waals surface area contributed by atoms with Crippen LogP contribution in [0, 0.1) is 0 Å². The number of hydrogen-bond donors (Lipinski definition) is 4. The molecule has 0 radical (unpaired) electrons. The fourth-order valence-electron chi connectivity index (χ4n) is 1.92. The topological polar surface area (TPSA) is 119 Å². The van der Waals surface area contributed by atoms with Gasteiger partial charge in [0, 0.05) is 17.8 Å². The molecule has 0 saturated carbocycles. The van der Waals surface area contributed by atoms with E-state index in [1.54, 1.807) is 13.2 Å². The number of urea groups is 1. The van der Waals surface area contributed by atoms with Crippen LogP contribution in [-0.2, 0) is 0 Å². The Labute approximate surface area is 125 Å². The first-order chi connectivity index (χ1) is 10.0. The van der Waals surface area contributed by atoms with Crippen LogP contribution in [0.25, 0.3) is 10.1 Å². The van der Waals surface area contributed by atoms with Crippen molar-refractivity contribution in [1.29, 1.82) is 0 Å². The van der Waals surface area contributed by atoms with Gasteiger partial charge in [0.15, 0.2) is 0 Å². The van der Waals surface area contributed by atoms with Crippen molar-refractivity contribution >= 4 is 39.0 Å². The van der Waals surface area contributed by atoms with Gasteiger partial charge in [-0.25, -0.2) is 4.79 Å². The highest BCUT2D eigenvalue weighted by Crippen LogP contribution is 2.39. The molecule has 0 aliphatic heterocycles. The van der Waals surface area contributed by atoms with Crippen LogP contribution in [0.5, 0.6) is 5.75 Å². The van der Waals surface area contributed by atoms with Gasteiger partial charge in [-0.2, -0.15) is 0 Å². The van der Waals surface area contributed by atoms with Crippen molar-refractivity contribution < 1.29 is 14.3 Å². The zero-order valence-corrected chi connectivity index (χ0v) is 12.3. The molecule has 3 amide bonds. The Morgan fingerprint density at radius 1 is 1.29 bits per heavy atom. The van der Waals surface area contributed by atoms with Crippen molar-refractivity contribution in [3.8, 4) is 5.75 Å². The Morgan fingerprint density at radius 2 is 2.00 bits per heavy atom. The maximum absolute atomic E-state index is 12.1. The molecule has 1 heterocycles. The monoisotopic (exact) mass is 308 g/mol. The van der Waals surface area contributed by atoms with E-state index in [2.05, 4.69) is 10.6 Å². The van der Waals surface area contributed by atoms with E-state index in [1.165, 1.54) is 11.3 Å². The third-order valence-electron chi connectivity index (χ3n) is 2.85. The lowest BCUT2D eigenvalue weighted by Gasteiger charge is -2.05. The van der Waals surface area contributed by atoms with Gasteiger partial charge in [-0.15, -0.1) is 11.3 Å². The quantitative estimate of drug-likeness (QED) is 0.613. The zero-order chi connectivity index (χ0) is 15.4. The maximum Gasteiger partial charge on any atom is 0.312 e. The highest BCUT2D eigenvalue weighted by atomic mass is 32.1. The molecule has 2 rings (SSSR count). The van der Waals surface area contributed by atoms with E-state index in [4.69, 9.17) is 16.2 Å². The average molecular weight is 308 g/mol. The van der Waals surface area contributed by atoms with Gasteiger partial charge >= 0.3 is 6.03 Å². The van der Waals surface area contributed by atoms with Crippen molar-refractivity contribution in [2.45, 2.75) is 0 Å². The average Bonchev–Trinajstić information content (AvgIpc) is 2.80. The molecule has 7 nitrogen and oxygen atoms in total. The summed E-state index contributed by atoms with van der Waals surface area (Å²) in [5.74, 6) is 0.345. The number of nitrogen functional groups attached to an aromatic ring is 1. The van der Waals surface area contributed by atoms with Gasteiger partial charge in [-0.05, 0) is 12.1 Å². The molecular formula is C13H16N4O3S. The Morgan fingerprint density at radius 3 is 2.67 bits per heavy atom. The van der Waals surface area contributed by atoms with Gasteiger partial charge in [0.25, 0.3) is 5.91 Å². The Hall–Kier alpha value is -2.48. The van der Waals surface area contributed by atoms with Crippen LogP contribution in [0.2, 0.25) is 0 Å². The Bertz CT molecular complexity index is 683. The van der Waals surface area contributed by atoms with Crippen molar-refractivity contribution in [1.82, 2.24) is 10.6 Å². The van der Waals surface area contributed by atoms with Crippen LogP contribution in [-0.4, -0.2) is 32.1 Å². The third-order valence-corrected chi connectivity index (χ3v) is 4.02. The standard InChI is InChI=1S/C13H16N4O3S/c1-20-7-3-2-4-8-9(7)10(14)11(21-8)12(18)16-5-6-17-13(15)19/h2-4H,5-6,14H2,1H3,(H,16,18)(H3,15,17,19). The summed E-state index contributed by atoms with van der Waals surface area (Å²) in [4.78, 5) is 23.1. The normalized spacial score (nSPS) is 10.3. The first-order valence-corrected chi connectivity index (χ1v) is 7.02. The minimum Gasteiger partial charge on any atom is -0.496 e. The number of primary amides is 1. The molecule has 0 aliphatic carbocycles. The van der Waals surface area contributed by atoms with Gasteiger partial charge in [0.1, 0.15) is 10.6 Å². The predicted molar refractivity (Wildman–Crippen MR) is 82.7 cm³/mol. The van der Waals surface area contributed by atoms with Gasteiger partial charge in [0.05, 0.1) is 18.2 Å². The van der Waals surface area contributed by atoms with E-state index >= 15 is 0 Å². The van der Waals surface area contributed by atoms with Crippen LogP contribution in [0.15, 0.2) is 18.2 Å². The molecule has 0 fully saturated rings. The van der Waals surface area contributed by atoms with E-state index in [0.717, 1.165) is 10.1 Å².